The maximum Gasteiger partial charge on any atom is 0.298 e. The molecule has 2 N–H and O–H groups in total. The highest BCUT2D eigenvalue weighted by atomic mass is 35.5. The predicted molar refractivity (Wildman–Crippen MR) is 65.5 cm³/mol. The van der Waals surface area contributed by atoms with Gasteiger partial charge in [0.05, 0.1) is 12.9 Å². The Morgan fingerprint density at radius 3 is 3.00 bits per heavy atom. The highest BCUT2D eigenvalue weighted by Gasteiger charge is 2.15. The first-order chi connectivity index (χ1) is 9.63. The lowest BCUT2D eigenvalue weighted by Crippen LogP contribution is -2.03. The summed E-state index contributed by atoms with van der Waals surface area (Å²) < 4.78 is 29.2. The summed E-state index contributed by atoms with van der Waals surface area (Å²) in [7, 11) is 0. The Hall–Kier alpha value is -2.29. The van der Waals surface area contributed by atoms with Gasteiger partial charge in [0, 0.05) is 6.07 Å². The zero-order valence-electron chi connectivity index (χ0n) is 9.77. The van der Waals surface area contributed by atoms with Gasteiger partial charge in [0.25, 0.3) is 6.43 Å². The third-order valence-electron chi connectivity index (χ3n) is 2.49. The van der Waals surface area contributed by atoms with E-state index in [1.807, 2.05) is 0 Å². The minimum atomic E-state index is -2.69. The number of hydrogen-bond acceptors (Lipinski definition) is 6. The number of aromatic nitrogens is 5. The number of hydrogen-bond donors (Lipinski definition) is 2. The van der Waals surface area contributed by atoms with Gasteiger partial charge in [0.2, 0.25) is 11.0 Å². The van der Waals surface area contributed by atoms with Gasteiger partial charge in [-0.1, -0.05) is 5.16 Å². The van der Waals surface area contributed by atoms with Crippen molar-refractivity contribution in [1.82, 2.24) is 25.1 Å². The number of fused-ring (bicyclic) bond motifs is 1. The predicted octanol–water partition coefficient (Wildman–Crippen LogP) is 2.54. The number of nitrogens with one attached hydrogen (secondary N) is 2. The summed E-state index contributed by atoms with van der Waals surface area (Å²) in [5, 5.41) is 6.46. The van der Waals surface area contributed by atoms with Crippen LogP contribution < -0.4 is 5.32 Å². The maximum atomic E-state index is 12.4. The topological polar surface area (TPSA) is 92.5 Å². The lowest BCUT2D eigenvalue weighted by Gasteiger charge is -2.03. The van der Waals surface area contributed by atoms with Gasteiger partial charge < -0.3 is 14.8 Å². The van der Waals surface area contributed by atoms with Gasteiger partial charge in [-0.15, -0.1) is 0 Å². The number of rotatable bonds is 4. The van der Waals surface area contributed by atoms with E-state index in [1.165, 1.54) is 12.4 Å². The third-order valence-corrected chi connectivity index (χ3v) is 2.66. The fraction of sp³-hybridized carbons (Fsp3) is 0.200. The molecule has 20 heavy (non-hydrogen) atoms. The molecule has 0 unspecified atom stereocenters. The molecule has 0 amide bonds. The summed E-state index contributed by atoms with van der Waals surface area (Å²) in [6.07, 6.45) is -1.24. The van der Waals surface area contributed by atoms with Crippen molar-refractivity contribution < 1.29 is 13.3 Å². The Balaban J connectivity index is 1.80. The average molecular weight is 301 g/mol. The van der Waals surface area contributed by atoms with Crippen molar-refractivity contribution >= 4 is 28.6 Å². The Bertz CT molecular complexity index is 742. The van der Waals surface area contributed by atoms with Crippen molar-refractivity contribution in [2.24, 2.45) is 0 Å². The first-order valence-electron chi connectivity index (χ1n) is 5.47. The molecule has 0 atom stereocenters. The lowest BCUT2D eigenvalue weighted by atomic mass is 10.3. The number of anilines is 1. The van der Waals surface area contributed by atoms with Crippen molar-refractivity contribution in [2.75, 3.05) is 5.32 Å². The van der Waals surface area contributed by atoms with E-state index < -0.39 is 12.2 Å². The van der Waals surface area contributed by atoms with Crippen LogP contribution in [0.5, 0.6) is 0 Å². The summed E-state index contributed by atoms with van der Waals surface area (Å²) in [5.41, 5.74) is 1.29. The van der Waals surface area contributed by atoms with E-state index in [9.17, 15) is 8.78 Å². The molecule has 3 aromatic heterocycles. The van der Waals surface area contributed by atoms with Gasteiger partial charge in [-0.05, 0) is 11.6 Å². The fourth-order valence-corrected chi connectivity index (χ4v) is 1.79. The molecule has 0 aromatic carbocycles. The molecule has 0 bridgehead atoms. The second kappa shape index (κ2) is 5.00. The van der Waals surface area contributed by atoms with Crippen LogP contribution in [-0.2, 0) is 6.54 Å². The molecule has 0 aliphatic carbocycles. The van der Waals surface area contributed by atoms with Gasteiger partial charge in [0.15, 0.2) is 11.5 Å². The van der Waals surface area contributed by atoms with E-state index in [0.717, 1.165) is 0 Å². The first-order valence-corrected chi connectivity index (χ1v) is 5.85. The maximum absolute atomic E-state index is 12.4. The molecule has 3 heterocycles. The highest BCUT2D eigenvalue weighted by Crippen LogP contribution is 2.21. The number of aromatic amines is 1. The van der Waals surface area contributed by atoms with Gasteiger partial charge >= 0.3 is 0 Å². The number of nitrogens with zero attached hydrogens (tertiary/aromatic N) is 4. The number of alkyl halides is 2. The van der Waals surface area contributed by atoms with Gasteiger partial charge in [-0.2, -0.15) is 9.97 Å². The highest BCUT2D eigenvalue weighted by molar-refractivity contribution is 6.28. The van der Waals surface area contributed by atoms with Crippen molar-refractivity contribution in [3.63, 3.8) is 0 Å². The molecule has 0 saturated carbocycles. The average Bonchev–Trinajstić information content (AvgIpc) is 3.04. The van der Waals surface area contributed by atoms with E-state index in [-0.39, 0.29) is 11.8 Å². The van der Waals surface area contributed by atoms with Crippen LogP contribution in [0.25, 0.3) is 11.2 Å². The molecular weight excluding hydrogens is 294 g/mol. The summed E-state index contributed by atoms with van der Waals surface area (Å²) in [5.74, 6) is -0.0756. The summed E-state index contributed by atoms with van der Waals surface area (Å²) >= 11 is 5.76. The van der Waals surface area contributed by atoms with E-state index in [2.05, 4.69) is 34.9 Å². The van der Waals surface area contributed by atoms with Crippen LogP contribution in [0.3, 0.4) is 0 Å². The summed E-state index contributed by atoms with van der Waals surface area (Å²) in [6, 6.07) is 1.17. The second-order valence-electron chi connectivity index (χ2n) is 3.82. The Morgan fingerprint density at radius 2 is 2.25 bits per heavy atom. The number of H-pyrrole nitrogens is 1. The standard InChI is InChI=1S/C10H7ClF2N6O/c11-10-17-8(6-9(18-10)16-3-15-6)14-2-4-1-5(7(12)13)20-19-4/h1,3,7H,2H2,(H2,14,15,16,17,18). The molecule has 0 aliphatic heterocycles. The molecule has 0 radical (unpaired) electrons. The van der Waals surface area contributed by atoms with E-state index in [0.29, 0.717) is 22.7 Å². The fourth-order valence-electron chi connectivity index (χ4n) is 1.62. The number of halogens is 3. The molecular formula is C10H7ClF2N6O. The van der Waals surface area contributed by atoms with Crippen LogP contribution in [0.1, 0.15) is 17.9 Å². The molecule has 0 spiro atoms. The van der Waals surface area contributed by atoms with Crippen LogP contribution in [0.2, 0.25) is 5.28 Å². The molecule has 0 fully saturated rings. The second-order valence-corrected chi connectivity index (χ2v) is 4.16. The van der Waals surface area contributed by atoms with Crippen LogP contribution in [0.15, 0.2) is 16.9 Å². The van der Waals surface area contributed by atoms with Gasteiger partial charge in [0.1, 0.15) is 11.2 Å². The van der Waals surface area contributed by atoms with Crippen LogP contribution >= 0.6 is 11.6 Å². The molecule has 7 nitrogen and oxygen atoms in total. The molecule has 0 saturated heterocycles. The Labute approximate surface area is 115 Å². The van der Waals surface area contributed by atoms with Crippen molar-refractivity contribution in [3.8, 4) is 0 Å². The molecule has 3 aromatic rings. The van der Waals surface area contributed by atoms with E-state index >= 15 is 0 Å². The third kappa shape index (κ3) is 2.39. The van der Waals surface area contributed by atoms with E-state index in [1.54, 1.807) is 0 Å². The molecule has 3 rings (SSSR count). The first kappa shape index (κ1) is 12.7. The van der Waals surface area contributed by atoms with Crippen molar-refractivity contribution in [2.45, 2.75) is 13.0 Å². The summed E-state index contributed by atoms with van der Waals surface area (Å²) in [6.45, 7) is 0.150. The van der Waals surface area contributed by atoms with Crippen LogP contribution in [0, 0.1) is 0 Å². The normalized spacial score (nSPS) is 11.4. The van der Waals surface area contributed by atoms with Crippen LogP contribution in [-0.4, -0.2) is 25.1 Å². The monoisotopic (exact) mass is 300 g/mol. The minimum absolute atomic E-state index is 0.0283. The largest absolute Gasteiger partial charge is 0.362 e. The van der Waals surface area contributed by atoms with Crippen LogP contribution in [0.4, 0.5) is 14.6 Å². The quantitative estimate of drug-likeness (QED) is 0.719. The molecule has 10 heteroatoms. The van der Waals surface area contributed by atoms with Gasteiger partial charge in [-0.3, -0.25) is 0 Å². The smallest absolute Gasteiger partial charge is 0.298 e. The summed E-state index contributed by atoms with van der Waals surface area (Å²) in [4.78, 5) is 14.7. The van der Waals surface area contributed by atoms with Gasteiger partial charge in [-0.25, -0.2) is 13.8 Å². The number of imidazole rings is 1. The zero-order valence-corrected chi connectivity index (χ0v) is 10.5. The SMILES string of the molecule is FC(F)c1cc(CNc2nc(Cl)nc3nc[nH]c23)no1. The Kier molecular flexibility index (Phi) is 3.18. The van der Waals surface area contributed by atoms with E-state index in [4.69, 9.17) is 11.6 Å². The Morgan fingerprint density at radius 1 is 1.40 bits per heavy atom. The van der Waals surface area contributed by atoms with Crippen molar-refractivity contribution in [1.29, 1.82) is 0 Å². The zero-order chi connectivity index (χ0) is 14.1. The molecule has 104 valence electrons. The lowest BCUT2D eigenvalue weighted by molar-refractivity contribution is 0.112. The molecule has 0 aliphatic rings. The minimum Gasteiger partial charge on any atom is -0.362 e. The van der Waals surface area contributed by atoms with Crippen molar-refractivity contribution in [3.05, 3.63) is 29.1 Å².